The van der Waals surface area contributed by atoms with Crippen molar-refractivity contribution in [3.05, 3.63) is 79.7 Å². The monoisotopic (exact) mass is 462 g/mol. The van der Waals surface area contributed by atoms with Crippen molar-refractivity contribution in [2.45, 2.75) is 25.7 Å². The van der Waals surface area contributed by atoms with E-state index < -0.39 is 0 Å². The molecule has 26 heavy (non-hydrogen) atoms. The van der Waals surface area contributed by atoms with Crippen molar-refractivity contribution in [3.8, 4) is 11.1 Å². The summed E-state index contributed by atoms with van der Waals surface area (Å²) < 4.78 is 2.41. The van der Waals surface area contributed by atoms with Gasteiger partial charge in [0.15, 0.2) is 0 Å². The van der Waals surface area contributed by atoms with Crippen LogP contribution in [-0.4, -0.2) is 0 Å². The largest absolute Gasteiger partial charge is 0.0578 e. The van der Waals surface area contributed by atoms with Crippen molar-refractivity contribution in [2.24, 2.45) is 0 Å². The number of benzene rings is 4. The molecule has 2 heteroatoms. The lowest BCUT2D eigenvalue weighted by molar-refractivity contribution is 1.02. The molecule has 4 aromatic rings. The van der Waals surface area contributed by atoms with Crippen LogP contribution in [0.3, 0.4) is 0 Å². The predicted molar refractivity (Wildman–Crippen MR) is 117 cm³/mol. The summed E-state index contributed by atoms with van der Waals surface area (Å²) in [6.45, 7) is 0. The minimum atomic E-state index is 1.16. The van der Waals surface area contributed by atoms with Crippen LogP contribution in [0, 0.1) is 0 Å². The highest BCUT2D eigenvalue weighted by Gasteiger charge is 2.22. The summed E-state index contributed by atoms with van der Waals surface area (Å²) in [5.74, 6) is 0. The van der Waals surface area contributed by atoms with Crippen LogP contribution in [0.5, 0.6) is 0 Å². The maximum atomic E-state index is 3.85. The fourth-order valence-corrected chi connectivity index (χ4v) is 6.11. The molecule has 0 saturated carbocycles. The second-order valence-electron chi connectivity index (χ2n) is 7.46. The van der Waals surface area contributed by atoms with E-state index in [1.54, 1.807) is 0 Å². The summed E-state index contributed by atoms with van der Waals surface area (Å²) >= 11 is 7.71. The molecule has 0 nitrogen and oxygen atoms in total. The van der Waals surface area contributed by atoms with Crippen molar-refractivity contribution in [2.75, 3.05) is 0 Å². The predicted octanol–water partition coefficient (Wildman–Crippen LogP) is 7.38. The van der Waals surface area contributed by atoms with Crippen molar-refractivity contribution < 1.29 is 0 Å². The highest BCUT2D eigenvalue weighted by Crippen LogP contribution is 2.46. The molecule has 0 bridgehead atoms. The summed E-state index contributed by atoms with van der Waals surface area (Å²) in [6.07, 6.45) is 4.65. The maximum Gasteiger partial charge on any atom is 0.0260 e. The summed E-state index contributed by atoms with van der Waals surface area (Å²) in [6, 6.07) is 18.4. The number of halogens is 2. The summed E-state index contributed by atoms with van der Waals surface area (Å²) in [7, 11) is 0. The van der Waals surface area contributed by atoms with E-state index in [9.17, 15) is 0 Å². The molecular formula is C24H16Br2. The third-order valence-electron chi connectivity index (χ3n) is 6.18. The molecule has 0 N–H and O–H groups in total. The fourth-order valence-electron chi connectivity index (χ4n) is 5.02. The van der Waals surface area contributed by atoms with Gasteiger partial charge >= 0.3 is 0 Å². The Balaban J connectivity index is 1.80. The standard InChI is InChI=1S/C24H16Br2/c25-19-11-7-15-3-1-13-5-9-17(23(19)21(13)15)18-10-6-14-2-4-16-8-12-20(26)24(18)22(14)16/h5-12H,1-4H2. The average molecular weight is 464 g/mol. The zero-order valence-corrected chi connectivity index (χ0v) is 17.4. The summed E-state index contributed by atoms with van der Waals surface area (Å²) in [4.78, 5) is 0. The molecule has 0 unspecified atom stereocenters. The first-order valence-corrected chi connectivity index (χ1v) is 10.8. The first-order chi connectivity index (χ1) is 12.7. The molecule has 2 aliphatic carbocycles. The second-order valence-corrected chi connectivity index (χ2v) is 9.17. The van der Waals surface area contributed by atoms with E-state index in [1.807, 2.05) is 0 Å². The quantitative estimate of drug-likeness (QED) is 0.276. The molecule has 0 atom stereocenters. The highest BCUT2D eigenvalue weighted by atomic mass is 79.9. The normalized spacial score (nSPS) is 14.7. The van der Waals surface area contributed by atoms with Crippen LogP contribution in [0.1, 0.15) is 22.3 Å². The van der Waals surface area contributed by atoms with E-state index in [4.69, 9.17) is 0 Å². The Labute approximate surface area is 169 Å². The van der Waals surface area contributed by atoms with Gasteiger partial charge in [-0.1, -0.05) is 68.3 Å². The number of rotatable bonds is 1. The molecule has 4 aromatic carbocycles. The third kappa shape index (κ3) is 1.95. The lowest BCUT2D eigenvalue weighted by Gasteiger charge is -2.15. The van der Waals surface area contributed by atoms with Gasteiger partial charge in [0, 0.05) is 19.7 Å². The van der Waals surface area contributed by atoms with Gasteiger partial charge in [0.1, 0.15) is 0 Å². The molecule has 0 aromatic heterocycles. The molecule has 0 amide bonds. The molecule has 0 radical (unpaired) electrons. The molecule has 0 heterocycles. The van der Waals surface area contributed by atoms with E-state index in [1.165, 1.54) is 63.9 Å². The number of hydrogen-bond donors (Lipinski definition) is 0. The summed E-state index contributed by atoms with van der Waals surface area (Å²) in [5, 5.41) is 5.69. The molecule has 0 aliphatic heterocycles. The smallest absolute Gasteiger partial charge is 0.0260 e. The van der Waals surface area contributed by atoms with Crippen LogP contribution in [0.25, 0.3) is 32.7 Å². The van der Waals surface area contributed by atoms with E-state index in [2.05, 4.69) is 80.4 Å². The number of aryl methyl sites for hydroxylation is 4. The first kappa shape index (κ1) is 15.4. The number of hydrogen-bond acceptors (Lipinski definition) is 0. The Hall–Kier alpha value is -1.64. The van der Waals surface area contributed by atoms with E-state index in [-0.39, 0.29) is 0 Å². The maximum absolute atomic E-state index is 3.85. The Kier molecular flexibility index (Phi) is 3.22. The van der Waals surface area contributed by atoms with Crippen LogP contribution in [0.2, 0.25) is 0 Å². The van der Waals surface area contributed by atoms with Crippen molar-refractivity contribution >= 4 is 53.4 Å². The lowest BCUT2D eigenvalue weighted by Crippen LogP contribution is -1.90. The molecule has 0 saturated heterocycles. The van der Waals surface area contributed by atoms with E-state index in [0.29, 0.717) is 0 Å². The minimum absolute atomic E-state index is 1.16. The molecule has 0 fully saturated rings. The summed E-state index contributed by atoms with van der Waals surface area (Å²) in [5.41, 5.74) is 8.65. The second kappa shape index (κ2) is 5.43. The Morgan fingerprint density at radius 1 is 0.423 bits per heavy atom. The zero-order chi connectivity index (χ0) is 17.4. The third-order valence-corrected chi connectivity index (χ3v) is 7.50. The lowest BCUT2D eigenvalue weighted by atomic mass is 9.91. The van der Waals surface area contributed by atoms with Gasteiger partial charge in [0.2, 0.25) is 0 Å². The van der Waals surface area contributed by atoms with Gasteiger partial charge in [-0.3, -0.25) is 0 Å². The Bertz CT molecular complexity index is 1130. The van der Waals surface area contributed by atoms with Crippen molar-refractivity contribution in [3.63, 3.8) is 0 Å². The van der Waals surface area contributed by atoms with E-state index in [0.717, 1.165) is 25.7 Å². The van der Waals surface area contributed by atoms with Gasteiger partial charge < -0.3 is 0 Å². The van der Waals surface area contributed by atoms with Crippen LogP contribution >= 0.6 is 31.9 Å². The SMILES string of the molecule is Brc1ccc2c3c(ccc(-c4ccc5c6c(ccc(Br)c46)CC5)c13)CC2. The Morgan fingerprint density at radius 2 is 0.769 bits per heavy atom. The van der Waals surface area contributed by atoms with Crippen molar-refractivity contribution in [1.29, 1.82) is 0 Å². The van der Waals surface area contributed by atoms with Crippen LogP contribution < -0.4 is 0 Å². The van der Waals surface area contributed by atoms with Gasteiger partial charge in [-0.05, 0) is 82.0 Å². The highest BCUT2D eigenvalue weighted by molar-refractivity contribution is 9.11. The molecule has 2 aliphatic rings. The van der Waals surface area contributed by atoms with E-state index >= 15 is 0 Å². The van der Waals surface area contributed by atoms with Gasteiger partial charge in [-0.25, -0.2) is 0 Å². The molecule has 6 rings (SSSR count). The Morgan fingerprint density at radius 3 is 1.15 bits per heavy atom. The van der Waals surface area contributed by atoms with Gasteiger partial charge in [-0.2, -0.15) is 0 Å². The van der Waals surface area contributed by atoms with Crippen LogP contribution in [-0.2, 0) is 25.7 Å². The molecule has 0 spiro atoms. The minimum Gasteiger partial charge on any atom is -0.0578 e. The van der Waals surface area contributed by atoms with Gasteiger partial charge in [0.25, 0.3) is 0 Å². The van der Waals surface area contributed by atoms with Crippen molar-refractivity contribution in [1.82, 2.24) is 0 Å². The van der Waals surface area contributed by atoms with Gasteiger partial charge in [-0.15, -0.1) is 0 Å². The van der Waals surface area contributed by atoms with Crippen LogP contribution in [0.4, 0.5) is 0 Å². The first-order valence-electron chi connectivity index (χ1n) is 9.18. The topological polar surface area (TPSA) is 0 Å². The molecular weight excluding hydrogens is 448 g/mol. The molecule has 126 valence electrons. The average Bonchev–Trinajstić information content (AvgIpc) is 3.27. The zero-order valence-electron chi connectivity index (χ0n) is 14.2. The van der Waals surface area contributed by atoms with Crippen LogP contribution in [0.15, 0.2) is 57.5 Å². The van der Waals surface area contributed by atoms with Gasteiger partial charge in [0.05, 0.1) is 0 Å². The fraction of sp³-hybridized carbons (Fsp3) is 0.167.